The van der Waals surface area contributed by atoms with Gasteiger partial charge < -0.3 is 4.90 Å². The molecule has 1 rings (SSSR count). The molecule has 0 fully saturated rings. The molecule has 1 heterocycles. The smallest absolute Gasteiger partial charge is 0.0759 e. The van der Waals surface area contributed by atoms with E-state index in [1.54, 1.807) is 0 Å². The van der Waals surface area contributed by atoms with Gasteiger partial charge in [0.15, 0.2) is 0 Å². The zero-order chi connectivity index (χ0) is 11.4. The molecule has 15 heavy (non-hydrogen) atoms. The summed E-state index contributed by atoms with van der Waals surface area (Å²) in [5.41, 5.74) is 4.24. The van der Waals surface area contributed by atoms with Gasteiger partial charge in [0.1, 0.15) is 0 Å². The third kappa shape index (κ3) is 3.27. The van der Waals surface area contributed by atoms with Crippen molar-refractivity contribution < 1.29 is 0 Å². The van der Waals surface area contributed by atoms with Crippen LogP contribution in [0.1, 0.15) is 36.1 Å². The van der Waals surface area contributed by atoms with E-state index in [2.05, 4.69) is 28.8 Å². The lowest BCUT2D eigenvalue weighted by Gasteiger charge is -2.16. The summed E-state index contributed by atoms with van der Waals surface area (Å²) >= 11 is 0. The van der Waals surface area contributed by atoms with Crippen LogP contribution in [0.2, 0.25) is 0 Å². The lowest BCUT2D eigenvalue weighted by molar-refractivity contribution is 0.322. The summed E-state index contributed by atoms with van der Waals surface area (Å²) in [6, 6.07) is 0. The zero-order valence-electron chi connectivity index (χ0n) is 10.5. The fraction of sp³-hybridized carbons (Fsp3) is 0.667. The van der Waals surface area contributed by atoms with Gasteiger partial charge in [-0.3, -0.25) is 9.97 Å². The van der Waals surface area contributed by atoms with Crippen molar-refractivity contribution >= 4 is 0 Å². The highest BCUT2D eigenvalue weighted by atomic mass is 15.1. The van der Waals surface area contributed by atoms with Crippen LogP contribution in [-0.4, -0.2) is 28.5 Å². The van der Waals surface area contributed by atoms with Gasteiger partial charge in [0.2, 0.25) is 0 Å². The van der Waals surface area contributed by atoms with E-state index in [4.69, 9.17) is 0 Å². The second kappa shape index (κ2) is 5.21. The molecular formula is C12H21N3. The fourth-order valence-electron chi connectivity index (χ4n) is 1.63. The summed E-state index contributed by atoms with van der Waals surface area (Å²) < 4.78 is 0. The van der Waals surface area contributed by atoms with Crippen molar-refractivity contribution in [2.45, 2.75) is 40.7 Å². The highest BCUT2D eigenvalue weighted by molar-refractivity contribution is 5.17. The van der Waals surface area contributed by atoms with Gasteiger partial charge in [-0.2, -0.15) is 0 Å². The van der Waals surface area contributed by atoms with E-state index in [1.807, 2.05) is 20.8 Å². The maximum atomic E-state index is 4.59. The zero-order valence-corrected chi connectivity index (χ0v) is 10.5. The van der Waals surface area contributed by atoms with Gasteiger partial charge in [-0.1, -0.05) is 6.92 Å². The summed E-state index contributed by atoms with van der Waals surface area (Å²) in [6.45, 7) is 10.3. The number of nitrogens with zero attached hydrogens (tertiary/aromatic N) is 3. The van der Waals surface area contributed by atoms with Crippen molar-refractivity contribution in [2.75, 3.05) is 13.6 Å². The van der Waals surface area contributed by atoms with Crippen LogP contribution in [0.3, 0.4) is 0 Å². The lowest BCUT2D eigenvalue weighted by atomic mass is 10.2. The molecule has 0 aliphatic rings. The molecular weight excluding hydrogens is 186 g/mol. The summed E-state index contributed by atoms with van der Waals surface area (Å²) in [5.74, 6) is 0. The van der Waals surface area contributed by atoms with Crippen LogP contribution < -0.4 is 0 Å². The van der Waals surface area contributed by atoms with Gasteiger partial charge in [0, 0.05) is 6.54 Å². The molecule has 1 aromatic heterocycles. The first-order chi connectivity index (χ1) is 7.04. The molecule has 0 atom stereocenters. The number of aromatic nitrogens is 2. The van der Waals surface area contributed by atoms with Gasteiger partial charge >= 0.3 is 0 Å². The maximum Gasteiger partial charge on any atom is 0.0759 e. The first kappa shape index (κ1) is 12.1. The Labute approximate surface area is 92.6 Å². The molecule has 0 spiro atoms. The average Bonchev–Trinajstić information content (AvgIpc) is 2.14. The number of hydrogen-bond acceptors (Lipinski definition) is 3. The molecule has 0 aliphatic carbocycles. The van der Waals surface area contributed by atoms with Crippen molar-refractivity contribution in [3.63, 3.8) is 0 Å². The topological polar surface area (TPSA) is 29.0 Å². The van der Waals surface area contributed by atoms with Gasteiger partial charge in [-0.05, 0) is 40.8 Å². The maximum absolute atomic E-state index is 4.59. The van der Waals surface area contributed by atoms with E-state index in [0.717, 1.165) is 35.9 Å². The molecule has 0 amide bonds. The molecule has 0 unspecified atom stereocenters. The minimum absolute atomic E-state index is 0.897. The van der Waals surface area contributed by atoms with Crippen molar-refractivity contribution in [1.82, 2.24) is 14.9 Å². The van der Waals surface area contributed by atoms with E-state index in [9.17, 15) is 0 Å². The molecule has 0 radical (unpaired) electrons. The Kier molecular flexibility index (Phi) is 4.21. The summed E-state index contributed by atoms with van der Waals surface area (Å²) in [6.07, 6.45) is 1.17. The first-order valence-electron chi connectivity index (χ1n) is 5.53. The average molecular weight is 207 g/mol. The normalized spacial score (nSPS) is 11.1. The fourth-order valence-corrected chi connectivity index (χ4v) is 1.63. The van der Waals surface area contributed by atoms with Crippen LogP contribution in [0.25, 0.3) is 0 Å². The summed E-state index contributed by atoms with van der Waals surface area (Å²) in [7, 11) is 2.12. The van der Waals surface area contributed by atoms with Gasteiger partial charge in [-0.15, -0.1) is 0 Å². The molecule has 0 aromatic carbocycles. The predicted octanol–water partition coefficient (Wildman–Crippen LogP) is 2.24. The Morgan fingerprint density at radius 2 is 1.60 bits per heavy atom. The van der Waals surface area contributed by atoms with Gasteiger partial charge in [0.25, 0.3) is 0 Å². The van der Waals surface area contributed by atoms with Crippen molar-refractivity contribution in [3.8, 4) is 0 Å². The van der Waals surface area contributed by atoms with Gasteiger partial charge in [0.05, 0.1) is 22.8 Å². The lowest BCUT2D eigenvalue weighted by Crippen LogP contribution is -2.20. The third-order valence-corrected chi connectivity index (χ3v) is 2.60. The standard InChI is InChI=1S/C12H21N3/c1-6-7-15(5)8-12-11(4)13-9(2)10(3)14-12/h6-8H2,1-5H3. The SMILES string of the molecule is CCCN(C)Cc1nc(C)c(C)nc1C. The molecule has 0 saturated carbocycles. The molecule has 1 aromatic rings. The third-order valence-electron chi connectivity index (χ3n) is 2.60. The highest BCUT2D eigenvalue weighted by Gasteiger charge is 2.07. The monoisotopic (exact) mass is 207 g/mol. The minimum atomic E-state index is 0.897. The molecule has 0 N–H and O–H groups in total. The second-order valence-electron chi connectivity index (χ2n) is 4.16. The summed E-state index contributed by atoms with van der Waals surface area (Å²) in [4.78, 5) is 11.4. The van der Waals surface area contributed by atoms with E-state index >= 15 is 0 Å². The summed E-state index contributed by atoms with van der Waals surface area (Å²) in [5, 5.41) is 0. The van der Waals surface area contributed by atoms with Crippen LogP contribution in [0, 0.1) is 20.8 Å². The van der Waals surface area contributed by atoms with Crippen molar-refractivity contribution in [3.05, 3.63) is 22.8 Å². The molecule has 84 valence electrons. The van der Waals surface area contributed by atoms with Crippen LogP contribution in [0.15, 0.2) is 0 Å². The number of hydrogen-bond donors (Lipinski definition) is 0. The minimum Gasteiger partial charge on any atom is -0.300 e. The molecule has 3 heteroatoms. The number of aryl methyl sites for hydroxylation is 3. The van der Waals surface area contributed by atoms with E-state index < -0.39 is 0 Å². The van der Waals surface area contributed by atoms with Crippen LogP contribution in [-0.2, 0) is 6.54 Å². The van der Waals surface area contributed by atoms with Crippen LogP contribution in [0.5, 0.6) is 0 Å². The Bertz CT molecular complexity index is 334. The predicted molar refractivity (Wildman–Crippen MR) is 62.9 cm³/mol. The Hall–Kier alpha value is -0.960. The Balaban J connectivity index is 2.81. The Morgan fingerprint density at radius 1 is 1.00 bits per heavy atom. The second-order valence-corrected chi connectivity index (χ2v) is 4.16. The van der Waals surface area contributed by atoms with Crippen LogP contribution in [0.4, 0.5) is 0 Å². The molecule has 0 saturated heterocycles. The largest absolute Gasteiger partial charge is 0.300 e. The van der Waals surface area contributed by atoms with Crippen molar-refractivity contribution in [1.29, 1.82) is 0 Å². The van der Waals surface area contributed by atoms with E-state index in [0.29, 0.717) is 0 Å². The van der Waals surface area contributed by atoms with E-state index in [-0.39, 0.29) is 0 Å². The van der Waals surface area contributed by atoms with Crippen LogP contribution >= 0.6 is 0 Å². The Morgan fingerprint density at radius 3 is 2.20 bits per heavy atom. The molecule has 0 aliphatic heterocycles. The highest BCUT2D eigenvalue weighted by Crippen LogP contribution is 2.09. The van der Waals surface area contributed by atoms with E-state index in [1.165, 1.54) is 6.42 Å². The van der Waals surface area contributed by atoms with Gasteiger partial charge in [-0.25, -0.2) is 0 Å². The quantitative estimate of drug-likeness (QED) is 0.758. The molecule has 0 bridgehead atoms. The first-order valence-corrected chi connectivity index (χ1v) is 5.53. The number of rotatable bonds is 4. The molecule has 3 nitrogen and oxygen atoms in total. The van der Waals surface area contributed by atoms with Crippen molar-refractivity contribution in [2.24, 2.45) is 0 Å².